The SMILES string of the molecule is COc1cc(N(CCc2ccc(C(F)(F)F)cc2)C(=O)C(N)c2ccccc2)ccc1Cl.COc1ccc(N(CCc2ccc(C(F)(F)F)cc2)C(=O)C(N)c2ccccc2)cc1Cl. The lowest BCUT2D eigenvalue weighted by molar-refractivity contribution is -0.138. The Balaban J connectivity index is 0.000000241. The number of nitrogens with zero attached hydrogens (tertiary/aromatic N) is 2. The highest BCUT2D eigenvalue weighted by Crippen LogP contribution is 2.34. The van der Waals surface area contributed by atoms with E-state index >= 15 is 0 Å². The number of ether oxygens (including phenoxy) is 2. The predicted octanol–water partition coefficient (Wildman–Crippen LogP) is 11.3. The first-order valence-electron chi connectivity index (χ1n) is 19.6. The molecular weight excluding hydrogens is 881 g/mol. The second-order valence-electron chi connectivity index (χ2n) is 14.3. The summed E-state index contributed by atoms with van der Waals surface area (Å²) in [6, 6.07) is 35.6. The molecule has 6 rings (SSSR count). The van der Waals surface area contributed by atoms with Gasteiger partial charge in [-0.3, -0.25) is 9.59 Å². The van der Waals surface area contributed by atoms with Crippen LogP contribution in [0.2, 0.25) is 10.0 Å². The molecule has 64 heavy (non-hydrogen) atoms. The molecule has 0 aliphatic carbocycles. The summed E-state index contributed by atoms with van der Waals surface area (Å²) in [5.74, 6) is 0.138. The molecule has 0 fully saturated rings. The van der Waals surface area contributed by atoms with Crippen molar-refractivity contribution in [2.75, 3.05) is 37.1 Å². The van der Waals surface area contributed by atoms with Crippen LogP contribution in [-0.2, 0) is 34.8 Å². The van der Waals surface area contributed by atoms with Crippen molar-refractivity contribution in [1.29, 1.82) is 0 Å². The molecule has 0 bridgehead atoms. The van der Waals surface area contributed by atoms with Gasteiger partial charge in [-0.1, -0.05) is 108 Å². The molecule has 0 saturated heterocycles. The van der Waals surface area contributed by atoms with Gasteiger partial charge in [-0.05, 0) is 89.7 Å². The smallest absolute Gasteiger partial charge is 0.416 e. The number of amides is 2. The van der Waals surface area contributed by atoms with Crippen LogP contribution in [0, 0.1) is 0 Å². The number of hydrogen-bond acceptors (Lipinski definition) is 6. The maximum absolute atomic E-state index is 13.3. The second kappa shape index (κ2) is 22.0. The lowest BCUT2D eigenvalue weighted by Crippen LogP contribution is -2.40. The Morgan fingerprint density at radius 3 is 1.30 bits per heavy atom. The molecule has 0 aliphatic rings. The number of nitrogens with two attached hydrogens (primary N) is 2. The van der Waals surface area contributed by atoms with Crippen LogP contribution in [0.15, 0.2) is 146 Å². The Bertz CT molecular complexity index is 2460. The molecule has 0 saturated carbocycles. The maximum atomic E-state index is 13.3. The summed E-state index contributed by atoms with van der Waals surface area (Å²) >= 11 is 12.4. The minimum atomic E-state index is -4.40. The maximum Gasteiger partial charge on any atom is 0.416 e. The van der Waals surface area contributed by atoms with Crippen LogP contribution >= 0.6 is 23.2 Å². The first-order chi connectivity index (χ1) is 30.4. The summed E-state index contributed by atoms with van der Waals surface area (Å²) in [5.41, 5.74) is 14.7. The van der Waals surface area contributed by atoms with E-state index in [1.807, 2.05) is 12.1 Å². The molecule has 0 aromatic heterocycles. The van der Waals surface area contributed by atoms with Gasteiger partial charge in [0.25, 0.3) is 0 Å². The molecule has 2 amide bonds. The van der Waals surface area contributed by atoms with Gasteiger partial charge >= 0.3 is 12.4 Å². The Labute approximate surface area is 376 Å². The van der Waals surface area contributed by atoms with E-state index in [-0.39, 0.29) is 24.9 Å². The molecule has 6 aromatic carbocycles. The highest BCUT2D eigenvalue weighted by atomic mass is 35.5. The van der Waals surface area contributed by atoms with Crippen LogP contribution in [0.4, 0.5) is 37.7 Å². The highest BCUT2D eigenvalue weighted by molar-refractivity contribution is 6.32. The first kappa shape index (κ1) is 49.0. The topological polar surface area (TPSA) is 111 Å². The van der Waals surface area contributed by atoms with E-state index in [2.05, 4.69) is 0 Å². The van der Waals surface area contributed by atoms with Gasteiger partial charge in [0.2, 0.25) is 11.8 Å². The molecule has 0 aliphatic heterocycles. The van der Waals surface area contributed by atoms with Gasteiger partial charge in [-0.25, -0.2) is 0 Å². The Morgan fingerprint density at radius 2 is 0.922 bits per heavy atom. The molecule has 8 nitrogen and oxygen atoms in total. The van der Waals surface area contributed by atoms with Crippen LogP contribution < -0.4 is 30.7 Å². The van der Waals surface area contributed by atoms with E-state index < -0.39 is 35.6 Å². The van der Waals surface area contributed by atoms with Crippen LogP contribution in [0.25, 0.3) is 0 Å². The number of hydrogen-bond donors (Lipinski definition) is 2. The van der Waals surface area contributed by atoms with Crippen LogP contribution in [-0.4, -0.2) is 39.1 Å². The summed E-state index contributed by atoms with van der Waals surface area (Å²) in [6.07, 6.45) is -8.14. The van der Waals surface area contributed by atoms with E-state index in [9.17, 15) is 35.9 Å². The lowest BCUT2D eigenvalue weighted by atomic mass is 10.0. The van der Waals surface area contributed by atoms with E-state index in [1.165, 1.54) is 48.3 Å². The van der Waals surface area contributed by atoms with Crippen molar-refractivity contribution in [2.24, 2.45) is 11.5 Å². The number of rotatable bonds is 14. The summed E-state index contributed by atoms with van der Waals surface area (Å²) < 4.78 is 87.4. The van der Waals surface area contributed by atoms with Crippen LogP contribution in [0.5, 0.6) is 11.5 Å². The zero-order valence-electron chi connectivity index (χ0n) is 34.5. The molecule has 0 radical (unpaired) electrons. The molecule has 6 aromatic rings. The fourth-order valence-electron chi connectivity index (χ4n) is 6.52. The Hall–Kier alpha value is -6.06. The van der Waals surface area contributed by atoms with Crippen molar-refractivity contribution in [3.05, 3.63) is 189 Å². The van der Waals surface area contributed by atoms with Crippen molar-refractivity contribution in [3.8, 4) is 11.5 Å². The number of anilines is 2. The minimum absolute atomic E-state index is 0.202. The lowest BCUT2D eigenvalue weighted by Gasteiger charge is -2.27. The molecule has 2 unspecified atom stereocenters. The van der Waals surface area contributed by atoms with Gasteiger partial charge in [0, 0.05) is 30.5 Å². The third kappa shape index (κ3) is 13.0. The fraction of sp³-hybridized carbons (Fsp3) is 0.208. The van der Waals surface area contributed by atoms with Crippen molar-refractivity contribution in [2.45, 2.75) is 37.3 Å². The van der Waals surface area contributed by atoms with Gasteiger partial charge in [0.05, 0.1) is 35.4 Å². The molecule has 336 valence electrons. The van der Waals surface area contributed by atoms with E-state index in [1.54, 1.807) is 84.9 Å². The monoisotopic (exact) mass is 924 g/mol. The standard InChI is InChI=1S/2C24H22ClF3N2O2/c1-32-21-12-11-19(15-20(21)25)30(23(31)22(29)17-5-3-2-4-6-17)14-13-16-7-9-18(10-8-16)24(26,27)28;1-32-21-15-19(11-12-20(21)25)30(23(31)22(29)17-5-3-2-4-6-17)14-13-16-7-9-18(10-8-16)24(26,27)28/h2*2-12,15,22H,13-14,29H2,1H3. The number of halogens is 8. The Kier molecular flexibility index (Phi) is 16.9. The average molecular weight is 926 g/mol. The minimum Gasteiger partial charge on any atom is -0.495 e. The zero-order valence-corrected chi connectivity index (χ0v) is 36.1. The van der Waals surface area contributed by atoms with Gasteiger partial charge in [-0.2, -0.15) is 26.3 Å². The quantitative estimate of drug-likeness (QED) is 0.105. The molecule has 2 atom stereocenters. The van der Waals surface area contributed by atoms with Crippen molar-refractivity contribution >= 4 is 46.4 Å². The number of carbonyl (C=O) groups excluding carboxylic acids is 2. The highest BCUT2D eigenvalue weighted by Gasteiger charge is 2.31. The van der Waals surface area contributed by atoms with Gasteiger partial charge in [-0.15, -0.1) is 0 Å². The van der Waals surface area contributed by atoms with Crippen LogP contribution in [0.3, 0.4) is 0 Å². The zero-order chi connectivity index (χ0) is 46.6. The number of alkyl halides is 6. The predicted molar refractivity (Wildman–Crippen MR) is 238 cm³/mol. The van der Waals surface area contributed by atoms with E-state index in [4.69, 9.17) is 44.1 Å². The molecule has 4 N–H and O–H groups in total. The van der Waals surface area contributed by atoms with Gasteiger partial charge in [0.1, 0.15) is 23.6 Å². The molecule has 16 heteroatoms. The summed E-state index contributed by atoms with van der Waals surface area (Å²) in [7, 11) is 2.95. The fourth-order valence-corrected chi connectivity index (χ4v) is 6.96. The number of carbonyl (C=O) groups is 2. The summed E-state index contributed by atoms with van der Waals surface area (Å²) in [6.45, 7) is 0.406. The first-order valence-corrected chi connectivity index (χ1v) is 20.4. The van der Waals surface area contributed by atoms with E-state index in [0.29, 0.717) is 68.0 Å². The normalized spacial score (nSPS) is 12.3. The number of benzene rings is 6. The van der Waals surface area contributed by atoms with Crippen LogP contribution in [0.1, 0.15) is 45.5 Å². The molecule has 0 spiro atoms. The third-order valence-corrected chi connectivity index (χ3v) is 10.7. The van der Waals surface area contributed by atoms with Crippen molar-refractivity contribution < 1.29 is 45.4 Å². The van der Waals surface area contributed by atoms with E-state index in [0.717, 1.165) is 24.3 Å². The summed E-state index contributed by atoms with van der Waals surface area (Å²) in [4.78, 5) is 29.6. The molecule has 0 heterocycles. The van der Waals surface area contributed by atoms with Gasteiger partial charge < -0.3 is 30.7 Å². The largest absolute Gasteiger partial charge is 0.495 e. The number of methoxy groups -OCH3 is 2. The van der Waals surface area contributed by atoms with Crippen molar-refractivity contribution in [3.63, 3.8) is 0 Å². The average Bonchev–Trinajstić information content (AvgIpc) is 3.29. The molecular formula is C48H44Cl2F6N4O4. The third-order valence-electron chi connectivity index (χ3n) is 10.1. The van der Waals surface area contributed by atoms with Gasteiger partial charge in [0.15, 0.2) is 0 Å². The Morgan fingerprint density at radius 1 is 0.531 bits per heavy atom. The van der Waals surface area contributed by atoms with Crippen molar-refractivity contribution in [1.82, 2.24) is 0 Å². The summed E-state index contributed by atoms with van der Waals surface area (Å²) in [5, 5.41) is 0.712. The second-order valence-corrected chi connectivity index (χ2v) is 15.1.